The van der Waals surface area contributed by atoms with Gasteiger partial charge in [0.15, 0.2) is 12.4 Å². The topological polar surface area (TPSA) is 68.3 Å². The van der Waals surface area contributed by atoms with Gasteiger partial charge in [0.05, 0.1) is 16.5 Å². The van der Waals surface area contributed by atoms with Crippen LogP contribution in [0.1, 0.15) is 18.4 Å². The van der Waals surface area contributed by atoms with E-state index in [1.165, 1.54) is 0 Å². The van der Waals surface area contributed by atoms with E-state index in [4.69, 9.17) is 16.3 Å². The molecule has 0 bridgehead atoms. The lowest BCUT2D eigenvalue weighted by molar-refractivity contribution is -0.148. The molecule has 1 aliphatic rings. The molecular formula is C12H10ClF3N2O3. The van der Waals surface area contributed by atoms with Crippen LogP contribution in [-0.4, -0.2) is 23.5 Å². The molecule has 1 fully saturated rings. The predicted molar refractivity (Wildman–Crippen MR) is 66.6 cm³/mol. The highest BCUT2D eigenvalue weighted by molar-refractivity contribution is 6.33. The Morgan fingerprint density at radius 3 is 2.62 bits per heavy atom. The number of ether oxygens (including phenoxy) is 1. The fraction of sp³-hybridized carbons (Fsp3) is 0.417. The van der Waals surface area contributed by atoms with Crippen LogP contribution in [0.15, 0.2) is 12.3 Å². The van der Waals surface area contributed by atoms with Gasteiger partial charge in [-0.15, -0.1) is 0 Å². The molecule has 9 heteroatoms. The Bertz CT molecular complexity index is 573. The number of nitrogens with zero attached hydrogens (tertiary/aromatic N) is 1. The largest absolute Gasteiger partial charge is 0.455 e. The summed E-state index contributed by atoms with van der Waals surface area (Å²) in [4.78, 5) is 26.1. The zero-order valence-electron chi connectivity index (χ0n) is 10.5. The first kappa shape index (κ1) is 15.6. The van der Waals surface area contributed by atoms with Crippen molar-refractivity contribution in [1.29, 1.82) is 0 Å². The van der Waals surface area contributed by atoms with Gasteiger partial charge in [-0.3, -0.25) is 9.59 Å². The van der Waals surface area contributed by atoms with Crippen LogP contribution in [0.5, 0.6) is 0 Å². The van der Waals surface area contributed by atoms with Gasteiger partial charge in [0, 0.05) is 6.20 Å². The van der Waals surface area contributed by atoms with Crippen molar-refractivity contribution < 1.29 is 27.5 Å². The van der Waals surface area contributed by atoms with E-state index < -0.39 is 30.2 Å². The second-order valence-electron chi connectivity index (χ2n) is 4.48. The van der Waals surface area contributed by atoms with Gasteiger partial charge >= 0.3 is 12.1 Å². The first-order valence-corrected chi connectivity index (χ1v) is 6.34. The SMILES string of the molecule is O=C(COC(=O)C1CC1)Nc1ncc(C(F)(F)F)cc1Cl. The molecule has 0 unspecified atom stereocenters. The Morgan fingerprint density at radius 2 is 2.10 bits per heavy atom. The molecule has 0 spiro atoms. The molecule has 0 aromatic carbocycles. The predicted octanol–water partition coefficient (Wildman–Crippen LogP) is 2.65. The van der Waals surface area contributed by atoms with Crippen molar-refractivity contribution in [1.82, 2.24) is 4.98 Å². The quantitative estimate of drug-likeness (QED) is 0.865. The van der Waals surface area contributed by atoms with Crippen molar-refractivity contribution in [3.05, 3.63) is 22.8 Å². The molecule has 114 valence electrons. The molecule has 0 radical (unpaired) electrons. The molecule has 5 nitrogen and oxygen atoms in total. The standard InChI is InChI=1S/C12H10ClF3N2O3/c13-8-3-7(12(14,15)16)4-17-10(8)18-9(19)5-21-11(20)6-1-2-6/h3-4,6H,1-2,5H2,(H,17,18,19). The summed E-state index contributed by atoms with van der Waals surface area (Å²) in [5.74, 6) is -1.56. The van der Waals surface area contributed by atoms with E-state index in [1.54, 1.807) is 0 Å². The average Bonchev–Trinajstić information content (AvgIpc) is 3.21. The average molecular weight is 323 g/mol. The van der Waals surface area contributed by atoms with Crippen LogP contribution in [0.2, 0.25) is 5.02 Å². The molecule has 1 aromatic heterocycles. The fourth-order valence-electron chi connectivity index (χ4n) is 1.43. The van der Waals surface area contributed by atoms with Gasteiger partial charge in [0.25, 0.3) is 5.91 Å². The van der Waals surface area contributed by atoms with Crippen LogP contribution in [0.3, 0.4) is 0 Å². The summed E-state index contributed by atoms with van der Waals surface area (Å²) in [6, 6.07) is 0.653. The molecule has 1 saturated carbocycles. The van der Waals surface area contributed by atoms with Crippen molar-refractivity contribution in [3.63, 3.8) is 0 Å². The number of carbonyl (C=O) groups is 2. The second-order valence-corrected chi connectivity index (χ2v) is 4.89. The fourth-order valence-corrected chi connectivity index (χ4v) is 1.64. The number of hydrogen-bond donors (Lipinski definition) is 1. The highest BCUT2D eigenvalue weighted by Gasteiger charge is 2.32. The van der Waals surface area contributed by atoms with Crippen LogP contribution in [0.25, 0.3) is 0 Å². The zero-order chi connectivity index (χ0) is 15.6. The van der Waals surface area contributed by atoms with Crippen molar-refractivity contribution in [2.24, 2.45) is 5.92 Å². The van der Waals surface area contributed by atoms with Crippen LogP contribution in [0.4, 0.5) is 19.0 Å². The molecule has 0 aliphatic heterocycles. The minimum Gasteiger partial charge on any atom is -0.455 e. The van der Waals surface area contributed by atoms with Crippen LogP contribution >= 0.6 is 11.6 Å². The van der Waals surface area contributed by atoms with Gasteiger partial charge in [-0.25, -0.2) is 4.98 Å². The van der Waals surface area contributed by atoms with Crippen molar-refractivity contribution in [2.45, 2.75) is 19.0 Å². The lowest BCUT2D eigenvalue weighted by Gasteiger charge is -2.10. The highest BCUT2D eigenvalue weighted by atomic mass is 35.5. The molecule has 2 rings (SSSR count). The first-order chi connectivity index (χ1) is 9.77. The molecule has 1 heterocycles. The summed E-state index contributed by atoms with van der Waals surface area (Å²) in [5, 5.41) is 1.82. The number of carbonyl (C=O) groups excluding carboxylic acids is 2. The van der Waals surface area contributed by atoms with Gasteiger partial charge in [-0.1, -0.05) is 11.6 Å². The number of alkyl halides is 3. The summed E-state index contributed by atoms with van der Waals surface area (Å²) in [7, 11) is 0. The summed E-state index contributed by atoms with van der Waals surface area (Å²) in [6.45, 7) is -0.533. The molecular weight excluding hydrogens is 313 g/mol. The molecule has 1 aliphatic carbocycles. The van der Waals surface area contributed by atoms with E-state index in [9.17, 15) is 22.8 Å². The molecule has 1 amide bonds. The summed E-state index contributed by atoms with van der Waals surface area (Å²) >= 11 is 5.62. The number of pyridine rings is 1. The maximum absolute atomic E-state index is 12.4. The third-order valence-corrected chi connectivity index (χ3v) is 2.97. The number of aromatic nitrogens is 1. The summed E-state index contributed by atoms with van der Waals surface area (Å²) in [6.07, 6.45) is -2.53. The third-order valence-electron chi connectivity index (χ3n) is 2.68. The minimum atomic E-state index is -4.57. The number of rotatable bonds is 4. The van der Waals surface area contributed by atoms with E-state index >= 15 is 0 Å². The van der Waals surface area contributed by atoms with Gasteiger partial charge in [0.1, 0.15) is 0 Å². The Hall–Kier alpha value is -1.83. The van der Waals surface area contributed by atoms with Crippen LogP contribution in [0, 0.1) is 5.92 Å². The summed E-state index contributed by atoms with van der Waals surface area (Å²) < 4.78 is 41.9. The van der Waals surface area contributed by atoms with Gasteiger partial charge in [-0.05, 0) is 18.9 Å². The molecule has 1 aromatic rings. The second kappa shape index (κ2) is 5.88. The maximum Gasteiger partial charge on any atom is 0.417 e. The monoisotopic (exact) mass is 322 g/mol. The lowest BCUT2D eigenvalue weighted by atomic mass is 10.3. The minimum absolute atomic E-state index is 0.148. The van der Waals surface area contributed by atoms with Crippen LogP contribution in [-0.2, 0) is 20.5 Å². The van der Waals surface area contributed by atoms with E-state index in [0.717, 1.165) is 12.8 Å². The zero-order valence-corrected chi connectivity index (χ0v) is 11.3. The Morgan fingerprint density at radius 1 is 1.43 bits per heavy atom. The van der Waals surface area contributed by atoms with Crippen molar-refractivity contribution in [2.75, 3.05) is 11.9 Å². The van der Waals surface area contributed by atoms with Crippen molar-refractivity contribution in [3.8, 4) is 0 Å². The Labute approximate surface area is 122 Å². The molecule has 0 saturated heterocycles. The Kier molecular flexibility index (Phi) is 4.36. The van der Waals surface area contributed by atoms with E-state index in [1.807, 2.05) is 0 Å². The van der Waals surface area contributed by atoms with E-state index in [-0.39, 0.29) is 16.8 Å². The normalized spacial score (nSPS) is 14.7. The van der Waals surface area contributed by atoms with Crippen LogP contribution < -0.4 is 5.32 Å². The summed E-state index contributed by atoms with van der Waals surface area (Å²) in [5.41, 5.74) is -1.02. The van der Waals surface area contributed by atoms with Gasteiger partial charge in [-0.2, -0.15) is 13.2 Å². The van der Waals surface area contributed by atoms with Gasteiger partial charge < -0.3 is 10.1 Å². The van der Waals surface area contributed by atoms with E-state index in [2.05, 4.69) is 10.3 Å². The number of anilines is 1. The number of halogens is 4. The molecule has 0 atom stereocenters. The number of hydrogen-bond acceptors (Lipinski definition) is 4. The third kappa shape index (κ3) is 4.32. The number of amides is 1. The van der Waals surface area contributed by atoms with E-state index in [0.29, 0.717) is 12.3 Å². The lowest BCUT2D eigenvalue weighted by Crippen LogP contribution is -2.22. The van der Waals surface area contributed by atoms with Gasteiger partial charge in [0.2, 0.25) is 0 Å². The smallest absolute Gasteiger partial charge is 0.417 e. The molecule has 21 heavy (non-hydrogen) atoms. The number of esters is 1. The van der Waals surface area contributed by atoms with Crippen molar-refractivity contribution >= 4 is 29.3 Å². The maximum atomic E-state index is 12.4. The first-order valence-electron chi connectivity index (χ1n) is 5.96. The number of nitrogens with one attached hydrogen (secondary N) is 1. The molecule has 1 N–H and O–H groups in total. The highest BCUT2D eigenvalue weighted by Crippen LogP contribution is 2.32. The Balaban J connectivity index is 1.92.